The number of benzene rings is 3. The van der Waals surface area contributed by atoms with Gasteiger partial charge in [0.15, 0.2) is 6.29 Å². The summed E-state index contributed by atoms with van der Waals surface area (Å²) in [5, 5.41) is 22.5. The van der Waals surface area contributed by atoms with Gasteiger partial charge in [-0.05, 0) is 58.5 Å². The summed E-state index contributed by atoms with van der Waals surface area (Å²) in [6.45, 7) is 2.66. The van der Waals surface area contributed by atoms with Crippen LogP contribution in [0.2, 0.25) is 0 Å². The molecule has 0 unspecified atom stereocenters. The number of hydrogen-bond acceptors (Lipinski definition) is 7. The molecule has 8 nitrogen and oxygen atoms in total. The Balaban J connectivity index is 1.20. The number of amides is 1. The number of nitrogens with one attached hydrogen (secondary N) is 1. The maximum atomic E-state index is 12.5. The molecule has 1 amide bonds. The lowest BCUT2D eigenvalue weighted by Gasteiger charge is -2.38. The summed E-state index contributed by atoms with van der Waals surface area (Å²) in [5.41, 5.74) is 6.42. The van der Waals surface area contributed by atoms with E-state index in [0.717, 1.165) is 52.9 Å². The molecule has 4 aromatic rings. The quantitative estimate of drug-likeness (QED) is 0.262. The van der Waals surface area contributed by atoms with Crippen LogP contribution < -0.4 is 5.32 Å². The zero-order chi connectivity index (χ0) is 29.6. The number of ether oxygens (including phenoxy) is 2. The molecular formula is C35H37N3O5. The van der Waals surface area contributed by atoms with Gasteiger partial charge >= 0.3 is 0 Å². The van der Waals surface area contributed by atoms with Gasteiger partial charge in [-0.3, -0.25) is 14.7 Å². The fourth-order valence-electron chi connectivity index (χ4n) is 5.81. The molecule has 2 fully saturated rings. The van der Waals surface area contributed by atoms with Crippen molar-refractivity contribution in [2.24, 2.45) is 0 Å². The van der Waals surface area contributed by atoms with Crippen molar-refractivity contribution < 1.29 is 24.5 Å². The first kappa shape index (κ1) is 29.2. The van der Waals surface area contributed by atoms with E-state index in [1.807, 2.05) is 48.5 Å². The standard InChI is InChI=1S/C35H37N3O5/c39-23-24-9-11-26(12-10-24)33-18-32(22-38-15-13-31(40)21-38)42-35(43-33)29-7-2-6-28(17-29)27-5-1-4-25(16-27)19-37-34(41)30-8-3-14-36-20-30/h1-12,14,16-17,20,31-33,35,39-40H,13,15,18-19,21-23H2,(H,37,41)/t31-,32+,33-,35-/m0/s1. The molecule has 2 saturated heterocycles. The molecule has 0 aliphatic carbocycles. The highest BCUT2D eigenvalue weighted by Gasteiger charge is 2.34. The number of carbonyl (C=O) groups excluding carboxylic acids is 1. The zero-order valence-corrected chi connectivity index (χ0v) is 24.0. The Labute approximate surface area is 251 Å². The van der Waals surface area contributed by atoms with Gasteiger partial charge in [0, 0.05) is 50.6 Å². The number of aliphatic hydroxyl groups is 2. The Morgan fingerprint density at radius 2 is 1.74 bits per heavy atom. The van der Waals surface area contributed by atoms with Crippen molar-refractivity contribution in [3.8, 4) is 11.1 Å². The second-order valence-electron chi connectivity index (χ2n) is 11.3. The molecular weight excluding hydrogens is 542 g/mol. The third kappa shape index (κ3) is 7.36. The van der Waals surface area contributed by atoms with Crippen LogP contribution in [0.4, 0.5) is 0 Å². The normalized spacial score (nSPS) is 22.4. The summed E-state index contributed by atoms with van der Waals surface area (Å²) >= 11 is 0. The van der Waals surface area contributed by atoms with E-state index in [9.17, 15) is 15.0 Å². The molecule has 222 valence electrons. The summed E-state index contributed by atoms with van der Waals surface area (Å²) < 4.78 is 13.1. The first-order valence-electron chi connectivity index (χ1n) is 14.8. The van der Waals surface area contributed by atoms with Crippen molar-refractivity contribution in [3.05, 3.63) is 125 Å². The van der Waals surface area contributed by atoms with Crippen molar-refractivity contribution in [2.45, 2.75) is 50.6 Å². The van der Waals surface area contributed by atoms with Crippen molar-refractivity contribution in [2.75, 3.05) is 19.6 Å². The van der Waals surface area contributed by atoms with E-state index in [2.05, 4.69) is 39.5 Å². The molecule has 3 heterocycles. The van der Waals surface area contributed by atoms with Crippen LogP contribution in [0, 0.1) is 0 Å². The van der Waals surface area contributed by atoms with E-state index in [1.165, 1.54) is 0 Å². The van der Waals surface area contributed by atoms with E-state index in [1.54, 1.807) is 24.5 Å². The second-order valence-corrected chi connectivity index (χ2v) is 11.3. The third-order valence-electron chi connectivity index (χ3n) is 8.12. The van der Waals surface area contributed by atoms with E-state index >= 15 is 0 Å². The summed E-state index contributed by atoms with van der Waals surface area (Å²) in [4.78, 5) is 18.8. The van der Waals surface area contributed by atoms with E-state index in [0.29, 0.717) is 25.1 Å². The maximum Gasteiger partial charge on any atom is 0.253 e. The van der Waals surface area contributed by atoms with Gasteiger partial charge in [-0.1, -0.05) is 60.7 Å². The predicted molar refractivity (Wildman–Crippen MR) is 163 cm³/mol. The fourth-order valence-corrected chi connectivity index (χ4v) is 5.81. The predicted octanol–water partition coefficient (Wildman–Crippen LogP) is 4.78. The number of β-amino-alcohol motifs (C(OH)–C–C–N with tert-alkyl or cyclic N) is 1. The molecule has 3 N–H and O–H groups in total. The topological polar surface area (TPSA) is 104 Å². The minimum absolute atomic E-state index is 0.00230. The Bertz CT molecular complexity index is 1510. The molecule has 0 spiro atoms. The molecule has 0 saturated carbocycles. The lowest BCUT2D eigenvalue weighted by molar-refractivity contribution is -0.252. The van der Waals surface area contributed by atoms with Gasteiger partial charge < -0.3 is 25.0 Å². The van der Waals surface area contributed by atoms with Gasteiger partial charge in [0.25, 0.3) is 5.91 Å². The Morgan fingerprint density at radius 1 is 0.930 bits per heavy atom. The molecule has 6 rings (SSSR count). The average Bonchev–Trinajstić information content (AvgIpc) is 3.48. The lowest BCUT2D eigenvalue weighted by Crippen LogP contribution is -2.38. The number of carbonyl (C=O) groups is 1. The van der Waals surface area contributed by atoms with Crippen molar-refractivity contribution >= 4 is 5.91 Å². The van der Waals surface area contributed by atoms with Crippen LogP contribution in [-0.4, -0.2) is 57.8 Å². The molecule has 2 aliphatic heterocycles. The van der Waals surface area contributed by atoms with Gasteiger partial charge in [-0.15, -0.1) is 0 Å². The Hall–Kier alpha value is -3.92. The minimum Gasteiger partial charge on any atom is -0.392 e. The first-order valence-corrected chi connectivity index (χ1v) is 14.8. The number of pyridine rings is 1. The minimum atomic E-state index is -0.560. The number of hydrogen-bond donors (Lipinski definition) is 3. The van der Waals surface area contributed by atoms with Crippen LogP contribution in [0.1, 0.15) is 57.8 Å². The smallest absolute Gasteiger partial charge is 0.253 e. The highest BCUT2D eigenvalue weighted by Crippen LogP contribution is 2.39. The highest BCUT2D eigenvalue weighted by molar-refractivity contribution is 5.93. The lowest BCUT2D eigenvalue weighted by atomic mass is 9.98. The van der Waals surface area contributed by atoms with Gasteiger partial charge in [0.1, 0.15) is 0 Å². The van der Waals surface area contributed by atoms with Crippen LogP contribution in [0.25, 0.3) is 11.1 Å². The van der Waals surface area contributed by atoms with Crippen molar-refractivity contribution in [3.63, 3.8) is 0 Å². The van der Waals surface area contributed by atoms with Gasteiger partial charge in [-0.25, -0.2) is 0 Å². The van der Waals surface area contributed by atoms with E-state index < -0.39 is 6.29 Å². The van der Waals surface area contributed by atoms with Crippen LogP contribution >= 0.6 is 0 Å². The number of likely N-dealkylation sites (tertiary alicyclic amines) is 1. The summed E-state index contributed by atoms with van der Waals surface area (Å²) in [6.07, 6.45) is 3.61. The van der Waals surface area contributed by atoms with Crippen LogP contribution in [-0.2, 0) is 22.6 Å². The van der Waals surface area contributed by atoms with Crippen molar-refractivity contribution in [1.82, 2.24) is 15.2 Å². The number of rotatable bonds is 9. The summed E-state index contributed by atoms with van der Waals surface area (Å²) in [5.74, 6) is -0.161. The summed E-state index contributed by atoms with van der Waals surface area (Å²) in [7, 11) is 0. The highest BCUT2D eigenvalue weighted by atomic mass is 16.7. The van der Waals surface area contributed by atoms with E-state index in [-0.39, 0.29) is 30.8 Å². The molecule has 3 aromatic carbocycles. The largest absolute Gasteiger partial charge is 0.392 e. The molecule has 0 bridgehead atoms. The molecule has 0 radical (unpaired) electrons. The van der Waals surface area contributed by atoms with Crippen LogP contribution in [0.15, 0.2) is 97.3 Å². The number of aliphatic hydroxyl groups excluding tert-OH is 2. The SMILES string of the molecule is O=C(NCc1cccc(-c2cccc([C@H]3O[C@@H](CN4CC[C@H](O)C4)C[C@@H](c4ccc(CO)cc4)O3)c2)c1)c1cccnc1. The number of nitrogens with zero attached hydrogens (tertiary/aromatic N) is 2. The first-order chi connectivity index (χ1) is 21.0. The molecule has 4 atom stereocenters. The second kappa shape index (κ2) is 13.6. The summed E-state index contributed by atoms with van der Waals surface area (Å²) in [6, 6.07) is 27.7. The third-order valence-corrected chi connectivity index (χ3v) is 8.12. The fraction of sp³-hybridized carbons (Fsp3) is 0.314. The Kier molecular flexibility index (Phi) is 9.21. The van der Waals surface area contributed by atoms with Crippen LogP contribution in [0.3, 0.4) is 0 Å². The Morgan fingerprint density at radius 3 is 2.49 bits per heavy atom. The zero-order valence-electron chi connectivity index (χ0n) is 24.0. The van der Waals surface area contributed by atoms with Crippen LogP contribution in [0.5, 0.6) is 0 Å². The van der Waals surface area contributed by atoms with Gasteiger partial charge in [0.2, 0.25) is 0 Å². The number of aromatic nitrogens is 1. The maximum absolute atomic E-state index is 12.5. The molecule has 8 heteroatoms. The molecule has 2 aliphatic rings. The van der Waals surface area contributed by atoms with Gasteiger partial charge in [0.05, 0.1) is 30.5 Å². The monoisotopic (exact) mass is 579 g/mol. The molecule has 43 heavy (non-hydrogen) atoms. The average molecular weight is 580 g/mol. The van der Waals surface area contributed by atoms with E-state index in [4.69, 9.17) is 9.47 Å². The van der Waals surface area contributed by atoms with Gasteiger partial charge in [-0.2, -0.15) is 0 Å². The van der Waals surface area contributed by atoms with Crippen molar-refractivity contribution in [1.29, 1.82) is 0 Å². The molecule has 1 aromatic heterocycles.